The highest BCUT2D eigenvalue weighted by molar-refractivity contribution is 5.83. The fourth-order valence-corrected chi connectivity index (χ4v) is 3.85. The Balaban J connectivity index is 1.78. The smallest absolute Gasteiger partial charge is 0.449 e. The molecule has 0 unspecified atom stereocenters. The molecule has 1 aliphatic rings. The normalized spacial score (nSPS) is 16.6. The Bertz CT molecular complexity index is 945. The van der Waals surface area contributed by atoms with Crippen molar-refractivity contribution in [1.29, 1.82) is 0 Å². The molecule has 0 bridgehead atoms. The maximum atomic E-state index is 13.8. The third kappa shape index (κ3) is 3.58. The first-order chi connectivity index (χ1) is 13.5. The maximum Gasteiger partial charge on any atom is 0.449 e. The van der Waals surface area contributed by atoms with Crippen molar-refractivity contribution >= 4 is 11.0 Å². The van der Waals surface area contributed by atoms with Gasteiger partial charge in [-0.2, -0.15) is 13.2 Å². The molecule has 1 saturated heterocycles. The van der Waals surface area contributed by atoms with E-state index in [4.69, 9.17) is 4.74 Å². The van der Waals surface area contributed by atoms with Crippen LogP contribution < -0.4 is 4.74 Å². The van der Waals surface area contributed by atoms with Gasteiger partial charge in [-0.1, -0.05) is 31.2 Å². The van der Waals surface area contributed by atoms with Crippen molar-refractivity contribution in [2.24, 2.45) is 0 Å². The van der Waals surface area contributed by atoms with Gasteiger partial charge in [0, 0.05) is 19.1 Å². The number of fused-ring (bicyclic) bond motifs is 1. The van der Waals surface area contributed by atoms with Gasteiger partial charge in [0.1, 0.15) is 11.3 Å². The third-order valence-electron chi connectivity index (χ3n) is 5.28. The molecule has 0 atom stereocenters. The number of imidazole rings is 1. The van der Waals surface area contributed by atoms with Crippen LogP contribution in [0.5, 0.6) is 11.5 Å². The van der Waals surface area contributed by atoms with Gasteiger partial charge in [0.15, 0.2) is 5.75 Å². The van der Waals surface area contributed by atoms with E-state index in [0.29, 0.717) is 29.9 Å². The van der Waals surface area contributed by atoms with Gasteiger partial charge >= 0.3 is 6.18 Å². The lowest BCUT2D eigenvalue weighted by Gasteiger charge is -2.33. The minimum Gasteiger partial charge on any atom is -0.455 e. The molecule has 0 radical (unpaired) electrons. The van der Waals surface area contributed by atoms with E-state index >= 15 is 0 Å². The second-order valence-corrected chi connectivity index (χ2v) is 7.01. The molecule has 4 rings (SSSR count). The number of benzene rings is 2. The molecule has 2 heterocycles. The summed E-state index contributed by atoms with van der Waals surface area (Å²) in [7, 11) is 0. The average Bonchev–Trinajstić information content (AvgIpc) is 3.10. The highest BCUT2D eigenvalue weighted by Crippen LogP contribution is 2.39. The highest BCUT2D eigenvalue weighted by atomic mass is 19.4. The summed E-state index contributed by atoms with van der Waals surface area (Å²) in [6.45, 7) is 4.57. The molecule has 7 heteroatoms. The lowest BCUT2D eigenvalue weighted by Crippen LogP contribution is -2.35. The lowest BCUT2D eigenvalue weighted by molar-refractivity contribution is -0.147. The summed E-state index contributed by atoms with van der Waals surface area (Å²) in [6, 6.07) is 13.9. The summed E-state index contributed by atoms with van der Waals surface area (Å²) in [5, 5.41) is 0. The van der Waals surface area contributed by atoms with E-state index < -0.39 is 12.0 Å². The van der Waals surface area contributed by atoms with Crippen molar-refractivity contribution in [3.05, 3.63) is 54.4 Å². The van der Waals surface area contributed by atoms with Gasteiger partial charge in [-0.05, 0) is 43.7 Å². The Morgan fingerprint density at radius 3 is 2.39 bits per heavy atom. The summed E-state index contributed by atoms with van der Waals surface area (Å²) in [5.74, 6) is 0.0508. The number of rotatable bonds is 4. The molecule has 0 aliphatic carbocycles. The summed E-state index contributed by atoms with van der Waals surface area (Å²) >= 11 is 0. The predicted molar refractivity (Wildman–Crippen MR) is 102 cm³/mol. The fourth-order valence-electron chi connectivity index (χ4n) is 3.85. The van der Waals surface area contributed by atoms with Crippen molar-refractivity contribution in [3.8, 4) is 11.5 Å². The predicted octanol–water partition coefficient (Wildman–Crippen LogP) is 5.50. The number of piperidine rings is 1. The molecule has 0 N–H and O–H groups in total. The van der Waals surface area contributed by atoms with Crippen molar-refractivity contribution in [2.75, 3.05) is 19.6 Å². The molecule has 0 spiro atoms. The summed E-state index contributed by atoms with van der Waals surface area (Å²) in [5.41, 5.74) is 0.715. The fraction of sp³-hybridized carbons (Fsp3) is 0.381. The van der Waals surface area contributed by atoms with Crippen LogP contribution in [0.2, 0.25) is 0 Å². The van der Waals surface area contributed by atoms with Crippen LogP contribution in [0.3, 0.4) is 0 Å². The van der Waals surface area contributed by atoms with E-state index in [2.05, 4.69) is 16.8 Å². The SMILES string of the molecule is CCN1CCC(n2c(C(F)(F)F)nc3c(Oc4ccccc4)cccc32)CC1. The van der Waals surface area contributed by atoms with E-state index in [9.17, 15) is 13.2 Å². The number of nitrogens with zero attached hydrogens (tertiary/aromatic N) is 3. The van der Waals surface area contributed by atoms with E-state index in [1.54, 1.807) is 30.3 Å². The van der Waals surface area contributed by atoms with Gasteiger partial charge < -0.3 is 14.2 Å². The number of hydrogen-bond acceptors (Lipinski definition) is 3. The number of ether oxygens (including phenoxy) is 1. The van der Waals surface area contributed by atoms with Crippen LogP contribution in [0.15, 0.2) is 48.5 Å². The van der Waals surface area contributed by atoms with Crippen molar-refractivity contribution in [2.45, 2.75) is 32.0 Å². The van der Waals surface area contributed by atoms with Crippen LogP contribution in [0.1, 0.15) is 31.6 Å². The number of halogens is 3. The van der Waals surface area contributed by atoms with Gasteiger partial charge in [0.25, 0.3) is 0 Å². The van der Waals surface area contributed by atoms with Crippen LogP contribution in [0, 0.1) is 0 Å². The number of likely N-dealkylation sites (tertiary alicyclic amines) is 1. The molecular weight excluding hydrogens is 367 g/mol. The van der Waals surface area contributed by atoms with Crippen LogP contribution >= 0.6 is 0 Å². The molecule has 28 heavy (non-hydrogen) atoms. The Morgan fingerprint density at radius 2 is 1.75 bits per heavy atom. The van der Waals surface area contributed by atoms with Crippen LogP contribution in [-0.2, 0) is 6.18 Å². The lowest BCUT2D eigenvalue weighted by atomic mass is 10.0. The Morgan fingerprint density at radius 1 is 1.04 bits per heavy atom. The zero-order valence-corrected chi connectivity index (χ0v) is 15.6. The first-order valence-corrected chi connectivity index (χ1v) is 9.50. The first-order valence-electron chi connectivity index (χ1n) is 9.50. The molecule has 0 amide bonds. The molecule has 0 saturated carbocycles. The van der Waals surface area contributed by atoms with Crippen molar-refractivity contribution in [3.63, 3.8) is 0 Å². The van der Waals surface area contributed by atoms with Crippen LogP contribution in [0.25, 0.3) is 11.0 Å². The largest absolute Gasteiger partial charge is 0.455 e. The Kier molecular flexibility index (Phi) is 5.02. The molecular formula is C21H22F3N3O. The molecule has 2 aromatic carbocycles. The number of aromatic nitrogens is 2. The Hall–Kier alpha value is -2.54. The number of hydrogen-bond donors (Lipinski definition) is 0. The van der Waals surface area contributed by atoms with E-state index in [-0.39, 0.29) is 11.6 Å². The van der Waals surface area contributed by atoms with Crippen LogP contribution in [-0.4, -0.2) is 34.1 Å². The van der Waals surface area contributed by atoms with Gasteiger partial charge in [-0.3, -0.25) is 0 Å². The molecule has 1 aliphatic heterocycles. The minimum atomic E-state index is -4.52. The van der Waals surface area contributed by atoms with E-state index in [0.717, 1.165) is 19.6 Å². The quantitative estimate of drug-likeness (QED) is 0.590. The number of para-hydroxylation sites is 2. The van der Waals surface area contributed by atoms with Crippen LogP contribution in [0.4, 0.5) is 13.2 Å². The molecule has 148 valence electrons. The van der Waals surface area contributed by atoms with Gasteiger partial charge in [-0.15, -0.1) is 0 Å². The number of alkyl halides is 3. The topological polar surface area (TPSA) is 30.3 Å². The molecule has 3 aromatic rings. The van der Waals surface area contributed by atoms with Gasteiger partial charge in [-0.25, -0.2) is 4.98 Å². The maximum absolute atomic E-state index is 13.8. The van der Waals surface area contributed by atoms with Crippen molar-refractivity contribution < 1.29 is 17.9 Å². The standard InChI is InChI=1S/C21H22F3N3O/c1-2-26-13-11-15(12-14-26)27-17-9-6-10-18(28-16-7-4-3-5-8-16)19(17)25-20(27)21(22,23)24/h3-10,15H,2,11-14H2,1H3. The minimum absolute atomic E-state index is 0.226. The summed E-state index contributed by atoms with van der Waals surface area (Å²) < 4.78 is 48.6. The van der Waals surface area contributed by atoms with E-state index in [1.807, 2.05) is 18.2 Å². The summed E-state index contributed by atoms with van der Waals surface area (Å²) in [4.78, 5) is 6.25. The van der Waals surface area contributed by atoms with Gasteiger partial charge in [0.2, 0.25) is 5.82 Å². The molecule has 4 nitrogen and oxygen atoms in total. The first kappa shape index (κ1) is 18.8. The second kappa shape index (κ2) is 7.47. The summed E-state index contributed by atoms with van der Waals surface area (Å²) in [6.07, 6.45) is -3.18. The monoisotopic (exact) mass is 389 g/mol. The zero-order valence-electron chi connectivity index (χ0n) is 15.6. The second-order valence-electron chi connectivity index (χ2n) is 7.01. The third-order valence-corrected chi connectivity index (χ3v) is 5.28. The van der Waals surface area contributed by atoms with Gasteiger partial charge in [0.05, 0.1) is 5.52 Å². The van der Waals surface area contributed by atoms with Crippen molar-refractivity contribution in [1.82, 2.24) is 14.5 Å². The average molecular weight is 389 g/mol. The van der Waals surface area contributed by atoms with E-state index in [1.165, 1.54) is 4.57 Å². The highest BCUT2D eigenvalue weighted by Gasteiger charge is 2.40. The zero-order chi connectivity index (χ0) is 19.7. The Labute approximate surface area is 161 Å². The molecule has 1 fully saturated rings. The molecule has 1 aromatic heterocycles.